The molecule has 2 nitrogen and oxygen atoms in total. The molecule has 2 heterocycles. The summed E-state index contributed by atoms with van der Waals surface area (Å²) in [5, 5.41) is 3.18. The van der Waals surface area contributed by atoms with E-state index in [0.29, 0.717) is 0 Å². The Labute approximate surface area is 118 Å². The molecule has 0 spiro atoms. The molecule has 0 fully saturated rings. The van der Waals surface area contributed by atoms with Gasteiger partial charge in [0.05, 0.1) is 6.04 Å². The summed E-state index contributed by atoms with van der Waals surface area (Å²) in [4.78, 5) is 1.26. The second kappa shape index (κ2) is 4.88. The summed E-state index contributed by atoms with van der Waals surface area (Å²) in [5.74, 6) is 0.848. The van der Waals surface area contributed by atoms with Gasteiger partial charge in [-0.1, -0.05) is 18.2 Å². The summed E-state index contributed by atoms with van der Waals surface area (Å²) in [5.41, 5.74) is 7.10. The zero-order chi connectivity index (χ0) is 12.5. The Morgan fingerprint density at radius 3 is 2.83 bits per heavy atom. The summed E-state index contributed by atoms with van der Waals surface area (Å²) in [6.07, 6.45) is 0.802. The highest BCUT2D eigenvalue weighted by atomic mass is 79.9. The highest BCUT2D eigenvalue weighted by Crippen LogP contribution is 2.27. The minimum absolute atomic E-state index is 0.0945. The molecule has 0 aliphatic rings. The largest absolute Gasteiger partial charge is 0.459 e. The zero-order valence-corrected chi connectivity index (χ0v) is 12.0. The predicted molar refractivity (Wildman–Crippen MR) is 78.9 cm³/mol. The Hall–Kier alpha value is -1.10. The van der Waals surface area contributed by atoms with Crippen LogP contribution in [0.25, 0.3) is 11.0 Å². The zero-order valence-electron chi connectivity index (χ0n) is 9.60. The molecule has 2 N–H and O–H groups in total. The number of nitrogens with two attached hydrogens (primary N) is 1. The normalized spacial score (nSPS) is 13.0. The van der Waals surface area contributed by atoms with Gasteiger partial charge in [0.2, 0.25) is 0 Å². The molecule has 0 aliphatic carbocycles. The number of thiophene rings is 1. The molecule has 4 heteroatoms. The molecular weight excluding hydrogens is 310 g/mol. The van der Waals surface area contributed by atoms with Gasteiger partial charge in [0, 0.05) is 26.5 Å². The van der Waals surface area contributed by atoms with Crippen LogP contribution in [0.3, 0.4) is 0 Å². The lowest BCUT2D eigenvalue weighted by molar-refractivity contribution is 0.495. The maximum atomic E-state index is 6.20. The molecular formula is C14H12BrNOS. The van der Waals surface area contributed by atoms with E-state index in [0.717, 1.165) is 27.6 Å². The van der Waals surface area contributed by atoms with E-state index in [-0.39, 0.29) is 6.04 Å². The number of rotatable bonds is 3. The third-order valence-corrected chi connectivity index (χ3v) is 4.57. The Kier molecular flexibility index (Phi) is 3.24. The van der Waals surface area contributed by atoms with Crippen molar-refractivity contribution in [1.29, 1.82) is 0 Å². The number of furan rings is 1. The van der Waals surface area contributed by atoms with E-state index < -0.39 is 0 Å². The van der Waals surface area contributed by atoms with Crippen molar-refractivity contribution in [2.75, 3.05) is 0 Å². The molecule has 1 atom stereocenters. The van der Waals surface area contributed by atoms with Gasteiger partial charge in [0.25, 0.3) is 0 Å². The summed E-state index contributed by atoms with van der Waals surface area (Å²) < 4.78 is 6.89. The molecule has 18 heavy (non-hydrogen) atoms. The molecule has 3 aromatic rings. The first kappa shape index (κ1) is 12.0. The summed E-state index contributed by atoms with van der Waals surface area (Å²) in [7, 11) is 0. The molecule has 2 aromatic heterocycles. The van der Waals surface area contributed by atoms with Gasteiger partial charge in [0.1, 0.15) is 11.3 Å². The maximum absolute atomic E-state index is 6.20. The van der Waals surface area contributed by atoms with E-state index in [1.165, 1.54) is 4.88 Å². The van der Waals surface area contributed by atoms with E-state index in [4.69, 9.17) is 10.2 Å². The lowest BCUT2D eigenvalue weighted by atomic mass is 10.1. The van der Waals surface area contributed by atoms with Crippen LogP contribution in [0.1, 0.15) is 16.7 Å². The summed E-state index contributed by atoms with van der Waals surface area (Å²) in [6, 6.07) is 12.0. The van der Waals surface area contributed by atoms with Crippen molar-refractivity contribution in [3.63, 3.8) is 0 Å². The van der Waals surface area contributed by atoms with Crippen LogP contribution in [0.2, 0.25) is 0 Å². The van der Waals surface area contributed by atoms with Crippen LogP contribution in [-0.2, 0) is 6.42 Å². The molecule has 0 bridgehead atoms. The fourth-order valence-electron chi connectivity index (χ4n) is 1.96. The van der Waals surface area contributed by atoms with Crippen molar-refractivity contribution < 1.29 is 4.42 Å². The lowest BCUT2D eigenvalue weighted by Gasteiger charge is -2.06. The van der Waals surface area contributed by atoms with Crippen LogP contribution in [0, 0.1) is 0 Å². The van der Waals surface area contributed by atoms with Crippen molar-refractivity contribution >= 4 is 38.2 Å². The first-order chi connectivity index (χ1) is 8.72. The lowest BCUT2D eigenvalue weighted by Crippen LogP contribution is -2.11. The number of hydrogen-bond acceptors (Lipinski definition) is 3. The van der Waals surface area contributed by atoms with E-state index in [2.05, 4.69) is 27.4 Å². The molecule has 0 aliphatic heterocycles. The van der Waals surface area contributed by atoms with E-state index in [1.54, 1.807) is 11.3 Å². The van der Waals surface area contributed by atoms with Crippen LogP contribution in [0.15, 0.2) is 50.7 Å². The SMILES string of the molecule is NC(Cc1cc(Br)cs1)c1cc2ccccc2o1. The third-order valence-electron chi connectivity index (χ3n) is 2.85. The Bertz CT molecular complexity index is 640. The third kappa shape index (κ3) is 2.36. The van der Waals surface area contributed by atoms with Crippen molar-refractivity contribution in [3.05, 3.63) is 56.9 Å². The van der Waals surface area contributed by atoms with Crippen molar-refractivity contribution in [3.8, 4) is 0 Å². The number of para-hydroxylation sites is 1. The van der Waals surface area contributed by atoms with Crippen LogP contribution in [0.4, 0.5) is 0 Å². The topological polar surface area (TPSA) is 39.2 Å². The summed E-state index contributed by atoms with van der Waals surface area (Å²) >= 11 is 5.16. The quantitative estimate of drug-likeness (QED) is 0.771. The Morgan fingerprint density at radius 1 is 1.28 bits per heavy atom. The minimum Gasteiger partial charge on any atom is -0.459 e. The van der Waals surface area contributed by atoms with Gasteiger partial charge in [-0.25, -0.2) is 0 Å². The Balaban J connectivity index is 1.85. The monoisotopic (exact) mass is 321 g/mol. The minimum atomic E-state index is -0.0945. The Morgan fingerprint density at radius 2 is 2.11 bits per heavy atom. The first-order valence-corrected chi connectivity index (χ1v) is 7.36. The molecule has 3 rings (SSSR count). The number of benzene rings is 1. The van der Waals surface area contributed by atoms with Crippen molar-refractivity contribution in [1.82, 2.24) is 0 Å². The summed E-state index contributed by atoms with van der Waals surface area (Å²) in [6.45, 7) is 0. The second-order valence-corrected chi connectivity index (χ2v) is 6.14. The number of halogens is 1. The average molecular weight is 322 g/mol. The predicted octanol–water partition coefficient (Wildman–Crippen LogP) is 4.50. The standard InChI is InChI=1S/C14H12BrNOS/c15-10-6-11(18-8-10)7-12(16)14-5-9-3-1-2-4-13(9)17-14/h1-6,8,12H,7,16H2. The number of fused-ring (bicyclic) bond motifs is 1. The smallest absolute Gasteiger partial charge is 0.134 e. The maximum Gasteiger partial charge on any atom is 0.134 e. The molecule has 1 unspecified atom stereocenters. The molecule has 0 amide bonds. The average Bonchev–Trinajstić information content (AvgIpc) is 2.95. The fourth-order valence-corrected chi connectivity index (χ4v) is 3.47. The first-order valence-electron chi connectivity index (χ1n) is 5.69. The second-order valence-electron chi connectivity index (χ2n) is 4.23. The number of hydrogen-bond donors (Lipinski definition) is 1. The fraction of sp³-hybridized carbons (Fsp3) is 0.143. The van der Waals surface area contributed by atoms with Gasteiger partial charge >= 0.3 is 0 Å². The van der Waals surface area contributed by atoms with E-state index in [1.807, 2.05) is 30.3 Å². The molecule has 0 saturated heterocycles. The van der Waals surface area contributed by atoms with Gasteiger partial charge in [-0.3, -0.25) is 0 Å². The van der Waals surface area contributed by atoms with Crippen LogP contribution < -0.4 is 5.73 Å². The van der Waals surface area contributed by atoms with Gasteiger partial charge < -0.3 is 10.2 Å². The molecule has 0 saturated carbocycles. The van der Waals surface area contributed by atoms with Crippen LogP contribution in [-0.4, -0.2) is 0 Å². The van der Waals surface area contributed by atoms with Crippen LogP contribution >= 0.6 is 27.3 Å². The van der Waals surface area contributed by atoms with Gasteiger partial charge in [-0.15, -0.1) is 11.3 Å². The molecule has 0 radical (unpaired) electrons. The van der Waals surface area contributed by atoms with Gasteiger partial charge in [-0.05, 0) is 34.1 Å². The highest BCUT2D eigenvalue weighted by molar-refractivity contribution is 9.10. The van der Waals surface area contributed by atoms with Gasteiger partial charge in [0.15, 0.2) is 0 Å². The van der Waals surface area contributed by atoms with E-state index >= 15 is 0 Å². The van der Waals surface area contributed by atoms with E-state index in [9.17, 15) is 0 Å². The molecule has 92 valence electrons. The molecule has 1 aromatic carbocycles. The van der Waals surface area contributed by atoms with Crippen LogP contribution in [0.5, 0.6) is 0 Å². The van der Waals surface area contributed by atoms with Crippen molar-refractivity contribution in [2.45, 2.75) is 12.5 Å². The highest BCUT2D eigenvalue weighted by Gasteiger charge is 2.13. The van der Waals surface area contributed by atoms with Crippen molar-refractivity contribution in [2.24, 2.45) is 5.73 Å². The van der Waals surface area contributed by atoms with Gasteiger partial charge in [-0.2, -0.15) is 0 Å².